The quantitative estimate of drug-likeness (QED) is 0.206. The van der Waals surface area contributed by atoms with Crippen LogP contribution in [0.15, 0.2) is 5.16 Å². The minimum atomic E-state index is -3.34. The third-order valence-electron chi connectivity index (χ3n) is 2.40. The molecular weight excluding hydrogens is 258 g/mol. The van der Waals surface area contributed by atoms with Crippen LogP contribution in [-0.4, -0.2) is 55.8 Å². The molecule has 0 aliphatic rings. The number of ether oxygens (including phenoxy) is 1. The zero-order valence-electron chi connectivity index (χ0n) is 11.2. The topological polar surface area (TPSA) is 105 Å². The summed E-state index contributed by atoms with van der Waals surface area (Å²) >= 11 is 0. The molecule has 0 aromatic heterocycles. The number of hydrogen-bond acceptors (Lipinski definition) is 5. The Morgan fingerprint density at radius 2 is 2.11 bits per heavy atom. The van der Waals surface area contributed by atoms with E-state index in [0.29, 0.717) is 13.0 Å². The zero-order chi connectivity index (χ0) is 14.2. The molecule has 0 unspecified atom stereocenters. The molecule has 0 bridgehead atoms. The fourth-order valence-corrected chi connectivity index (χ4v) is 3.23. The Bertz CT molecular complexity index is 354. The highest BCUT2D eigenvalue weighted by molar-refractivity contribution is 7.89. The third-order valence-corrected chi connectivity index (χ3v) is 4.52. The van der Waals surface area contributed by atoms with Gasteiger partial charge in [-0.2, -0.15) is 4.31 Å². The summed E-state index contributed by atoms with van der Waals surface area (Å²) in [7, 11) is -1.80. The van der Waals surface area contributed by atoms with Gasteiger partial charge in [0.1, 0.15) is 5.84 Å². The first-order chi connectivity index (χ1) is 8.35. The van der Waals surface area contributed by atoms with Crippen LogP contribution in [0.25, 0.3) is 0 Å². The van der Waals surface area contributed by atoms with E-state index in [0.717, 1.165) is 0 Å². The van der Waals surface area contributed by atoms with Crippen molar-refractivity contribution >= 4 is 15.9 Å². The number of nitrogens with two attached hydrogens (primary N) is 1. The first-order valence-electron chi connectivity index (χ1n) is 5.80. The van der Waals surface area contributed by atoms with E-state index < -0.39 is 10.0 Å². The largest absolute Gasteiger partial charge is 0.409 e. The predicted molar refractivity (Wildman–Crippen MR) is 70.1 cm³/mol. The smallest absolute Gasteiger partial charge is 0.214 e. The lowest BCUT2D eigenvalue weighted by Gasteiger charge is -2.25. The minimum absolute atomic E-state index is 0.0211. The van der Waals surface area contributed by atoms with Crippen LogP contribution < -0.4 is 5.73 Å². The number of rotatable bonds is 9. The highest BCUT2D eigenvalue weighted by atomic mass is 32.2. The van der Waals surface area contributed by atoms with Gasteiger partial charge in [-0.05, 0) is 20.3 Å². The highest BCUT2D eigenvalue weighted by Crippen LogP contribution is 2.10. The van der Waals surface area contributed by atoms with Crippen LogP contribution in [-0.2, 0) is 14.8 Å². The van der Waals surface area contributed by atoms with Gasteiger partial charge in [-0.1, -0.05) is 5.16 Å². The Hall–Kier alpha value is -0.860. The van der Waals surface area contributed by atoms with Crippen molar-refractivity contribution in [1.29, 1.82) is 0 Å². The van der Waals surface area contributed by atoms with E-state index in [1.807, 2.05) is 0 Å². The Kier molecular flexibility index (Phi) is 7.88. The number of amidine groups is 1. The molecule has 0 amide bonds. The number of hydrogen-bond donors (Lipinski definition) is 2. The van der Waals surface area contributed by atoms with E-state index in [-0.39, 0.29) is 30.6 Å². The van der Waals surface area contributed by atoms with Gasteiger partial charge in [0.25, 0.3) is 0 Å². The van der Waals surface area contributed by atoms with Gasteiger partial charge in [0.2, 0.25) is 10.0 Å². The summed E-state index contributed by atoms with van der Waals surface area (Å²) in [4.78, 5) is 0. The second kappa shape index (κ2) is 8.28. The predicted octanol–water partition coefficient (Wildman–Crippen LogP) is 0.200. The molecule has 0 radical (unpaired) electrons. The van der Waals surface area contributed by atoms with Crippen molar-refractivity contribution in [1.82, 2.24) is 4.31 Å². The maximum atomic E-state index is 12.1. The van der Waals surface area contributed by atoms with E-state index in [9.17, 15) is 8.42 Å². The van der Waals surface area contributed by atoms with E-state index in [4.69, 9.17) is 15.7 Å². The van der Waals surface area contributed by atoms with Gasteiger partial charge < -0.3 is 15.7 Å². The molecule has 0 fully saturated rings. The van der Waals surface area contributed by atoms with Gasteiger partial charge >= 0.3 is 0 Å². The SMILES string of the molecule is COCCCS(=O)(=O)N(CC/C(N)=N/O)C(C)C. The molecule has 0 heterocycles. The highest BCUT2D eigenvalue weighted by Gasteiger charge is 2.24. The van der Waals surface area contributed by atoms with Crippen molar-refractivity contribution in [3.8, 4) is 0 Å². The van der Waals surface area contributed by atoms with Crippen LogP contribution in [0.2, 0.25) is 0 Å². The Morgan fingerprint density at radius 1 is 1.50 bits per heavy atom. The normalized spacial score (nSPS) is 13.5. The number of methoxy groups -OCH3 is 1. The molecule has 3 N–H and O–H groups in total. The fraction of sp³-hybridized carbons (Fsp3) is 0.900. The van der Waals surface area contributed by atoms with E-state index in [1.54, 1.807) is 13.8 Å². The lowest BCUT2D eigenvalue weighted by atomic mass is 10.3. The number of oxime groups is 1. The molecule has 0 saturated carbocycles. The van der Waals surface area contributed by atoms with E-state index in [2.05, 4.69) is 5.16 Å². The van der Waals surface area contributed by atoms with E-state index in [1.165, 1.54) is 11.4 Å². The molecule has 108 valence electrons. The average Bonchev–Trinajstić information content (AvgIpc) is 2.28. The number of sulfonamides is 1. The molecule has 8 heteroatoms. The molecule has 0 rings (SSSR count). The summed E-state index contributed by atoms with van der Waals surface area (Å²) in [5.74, 6) is 0.0580. The van der Waals surface area contributed by atoms with Crippen molar-refractivity contribution < 1.29 is 18.4 Å². The van der Waals surface area contributed by atoms with Crippen LogP contribution in [0.3, 0.4) is 0 Å². The second-order valence-electron chi connectivity index (χ2n) is 4.21. The summed E-state index contributed by atoms with van der Waals surface area (Å²) in [6.45, 7) is 4.20. The van der Waals surface area contributed by atoms with Crippen molar-refractivity contribution in [2.45, 2.75) is 32.7 Å². The summed E-state index contributed by atoms with van der Waals surface area (Å²) in [5.41, 5.74) is 5.34. The second-order valence-corrected chi connectivity index (χ2v) is 6.25. The lowest BCUT2D eigenvalue weighted by Crippen LogP contribution is -2.40. The molecule has 18 heavy (non-hydrogen) atoms. The van der Waals surface area contributed by atoms with Gasteiger partial charge in [-0.3, -0.25) is 0 Å². The van der Waals surface area contributed by atoms with Gasteiger partial charge in [-0.15, -0.1) is 0 Å². The average molecular weight is 281 g/mol. The van der Waals surface area contributed by atoms with Crippen molar-refractivity contribution in [3.05, 3.63) is 0 Å². The maximum absolute atomic E-state index is 12.1. The fourth-order valence-electron chi connectivity index (χ4n) is 1.50. The Morgan fingerprint density at radius 3 is 2.56 bits per heavy atom. The molecule has 0 aromatic rings. The van der Waals surface area contributed by atoms with Gasteiger partial charge in [-0.25, -0.2) is 8.42 Å². The lowest BCUT2D eigenvalue weighted by molar-refractivity contribution is 0.199. The monoisotopic (exact) mass is 281 g/mol. The molecule has 0 aliphatic carbocycles. The summed E-state index contributed by atoms with van der Waals surface area (Å²) in [6, 6.07) is -0.163. The standard InChI is InChI=1S/C10H23N3O4S/c1-9(2)13(6-5-10(11)12-14)18(15,16)8-4-7-17-3/h9,14H,4-8H2,1-3H3,(H2,11,12). The van der Waals surface area contributed by atoms with Crippen LogP contribution in [0, 0.1) is 0 Å². The molecule has 0 saturated heterocycles. The summed E-state index contributed by atoms with van der Waals surface area (Å²) in [5, 5.41) is 11.3. The molecule has 0 spiro atoms. The van der Waals surface area contributed by atoms with Crippen LogP contribution in [0.1, 0.15) is 26.7 Å². The van der Waals surface area contributed by atoms with Gasteiger partial charge in [0.15, 0.2) is 0 Å². The Labute approximate surface area is 109 Å². The molecule has 7 nitrogen and oxygen atoms in total. The molecule has 0 atom stereocenters. The first kappa shape index (κ1) is 17.1. The van der Waals surface area contributed by atoms with E-state index >= 15 is 0 Å². The molecule has 0 aliphatic heterocycles. The van der Waals surface area contributed by atoms with Crippen LogP contribution >= 0.6 is 0 Å². The van der Waals surface area contributed by atoms with Crippen LogP contribution in [0.5, 0.6) is 0 Å². The van der Waals surface area contributed by atoms with Crippen LogP contribution in [0.4, 0.5) is 0 Å². The maximum Gasteiger partial charge on any atom is 0.214 e. The summed E-state index contributed by atoms with van der Waals surface area (Å²) < 4.78 is 30.3. The van der Waals surface area contributed by atoms with Crippen molar-refractivity contribution in [2.24, 2.45) is 10.9 Å². The Balaban J connectivity index is 4.57. The molecular formula is C10H23N3O4S. The minimum Gasteiger partial charge on any atom is -0.409 e. The summed E-state index contributed by atoms with van der Waals surface area (Å²) in [6.07, 6.45) is 0.657. The molecule has 0 aromatic carbocycles. The zero-order valence-corrected chi connectivity index (χ0v) is 12.0. The van der Waals surface area contributed by atoms with Crippen molar-refractivity contribution in [3.63, 3.8) is 0 Å². The van der Waals surface area contributed by atoms with Gasteiger partial charge in [0, 0.05) is 32.7 Å². The number of nitrogens with zero attached hydrogens (tertiary/aromatic N) is 2. The van der Waals surface area contributed by atoms with Crippen molar-refractivity contribution in [2.75, 3.05) is 26.0 Å². The first-order valence-corrected chi connectivity index (χ1v) is 7.41. The third kappa shape index (κ3) is 6.18. The van der Waals surface area contributed by atoms with Gasteiger partial charge in [0.05, 0.1) is 5.75 Å².